The molecule has 20 saturated carbocycles. The minimum absolute atomic E-state index is 0.745. The molecule has 0 saturated heterocycles. The summed E-state index contributed by atoms with van der Waals surface area (Å²) < 4.78 is 0. The normalized spacial score (nSPS) is 124. The highest BCUT2D eigenvalue weighted by molar-refractivity contribution is 6.01. The molecule has 0 heteroatoms. The van der Waals surface area contributed by atoms with Gasteiger partial charge in [0.05, 0.1) is 0 Å². The number of fused-ring (bicyclic) bond motifs is 10. The molecular weight excluding hydrogens is 420 g/mol. The smallest absolute Gasteiger partial charge is 0.000763 e. The van der Waals surface area contributed by atoms with Gasteiger partial charge in [-0.15, -0.1) is 0 Å². The second kappa shape index (κ2) is 2.16. The van der Waals surface area contributed by atoms with Crippen molar-refractivity contribution in [1.29, 1.82) is 0 Å². The lowest BCUT2D eigenvalue weighted by molar-refractivity contribution is -1.12. The summed E-state index contributed by atoms with van der Waals surface area (Å²) in [6.07, 6.45) is 3.54. The second-order valence-corrected chi connectivity index (χ2v) is 21.3. The van der Waals surface area contributed by atoms with E-state index in [0.717, 1.165) is 93.1 Å². The molecule has 0 amide bonds. The first kappa shape index (κ1) is 13.9. The first-order chi connectivity index (χ1) is 16.9. The van der Waals surface area contributed by atoms with Crippen molar-refractivity contribution in [2.45, 2.75) is 47.5 Å². The SMILES string of the molecule is CC1C2C3C4C5CC6C7C8CC9C%10C%11C%12C(C)C%13(C)C%14(C)C1(C)C21C32C43C65C74C89C%105C%116C%12%13C%141C26C435. The van der Waals surface area contributed by atoms with E-state index in [4.69, 9.17) is 0 Å². The summed E-state index contributed by atoms with van der Waals surface area (Å²) in [6.45, 7) is 14.7. The van der Waals surface area contributed by atoms with Crippen LogP contribution in [0.25, 0.3) is 0 Å². The first-order valence-corrected chi connectivity index (χ1v) is 16.9. The molecule has 0 aromatic heterocycles. The maximum atomic E-state index is 3.03. The van der Waals surface area contributed by atoms with Gasteiger partial charge in [-0.1, -0.05) is 34.6 Å². The molecule has 22 atom stereocenters. The summed E-state index contributed by atoms with van der Waals surface area (Å²) in [7, 11) is 0. The average molecular weight is 453 g/mol. The van der Waals surface area contributed by atoms with E-state index in [-0.39, 0.29) is 0 Å². The van der Waals surface area contributed by atoms with E-state index in [1.165, 1.54) is 65.1 Å². The Bertz CT molecular complexity index is 1640. The summed E-state index contributed by atoms with van der Waals surface area (Å²) in [4.78, 5) is 0. The fourth-order valence-electron chi connectivity index (χ4n) is 33.3. The highest BCUT2D eigenvalue weighted by Gasteiger charge is 3.57. The Hall–Kier alpha value is 0. The van der Waals surface area contributed by atoms with Crippen LogP contribution in [-0.2, 0) is 0 Å². The third-order valence-corrected chi connectivity index (χ3v) is 27.9. The Morgan fingerprint density at radius 3 is 1.43 bits per heavy atom. The Labute approximate surface area is 205 Å². The lowest BCUT2D eigenvalue weighted by Gasteiger charge is -3.56. The van der Waals surface area contributed by atoms with Crippen molar-refractivity contribution in [3.05, 3.63) is 0 Å². The molecule has 0 nitrogen and oxygen atoms in total. The maximum absolute atomic E-state index is 3.03. The lowest BCUT2D eigenvalue weighted by Crippen LogP contribution is -3.55. The molecule has 172 valence electrons. The molecule has 0 N–H and O–H groups in total. The van der Waals surface area contributed by atoms with E-state index < -0.39 is 0 Å². The minimum atomic E-state index is 0.745. The number of rotatable bonds is 0. The van der Waals surface area contributed by atoms with Crippen LogP contribution < -0.4 is 0 Å². The van der Waals surface area contributed by atoms with E-state index in [1.807, 2.05) is 0 Å². The zero-order chi connectivity index (χ0) is 21.4. The quantitative estimate of drug-likeness (QED) is 0.488. The molecule has 20 aliphatic rings. The topological polar surface area (TPSA) is 0 Å². The monoisotopic (exact) mass is 452 g/mol. The van der Waals surface area contributed by atoms with Crippen LogP contribution in [0.15, 0.2) is 0 Å². The van der Waals surface area contributed by atoms with Crippen LogP contribution in [0.5, 0.6) is 0 Å². The van der Waals surface area contributed by atoms with Crippen molar-refractivity contribution in [2.24, 2.45) is 158 Å². The number of hydrogen-bond acceptors (Lipinski definition) is 0. The second-order valence-electron chi connectivity index (χ2n) is 21.3. The van der Waals surface area contributed by atoms with Gasteiger partial charge in [0.15, 0.2) is 0 Å². The molecule has 0 bridgehead atoms. The molecule has 0 aromatic carbocycles. The van der Waals surface area contributed by atoms with Gasteiger partial charge in [0.1, 0.15) is 0 Å². The van der Waals surface area contributed by atoms with E-state index in [0.29, 0.717) is 0 Å². The first-order valence-electron chi connectivity index (χ1n) is 16.9. The molecule has 0 aliphatic heterocycles. The van der Waals surface area contributed by atoms with Crippen molar-refractivity contribution in [1.82, 2.24) is 0 Å². The summed E-state index contributed by atoms with van der Waals surface area (Å²) in [5.41, 5.74) is 14.4. The van der Waals surface area contributed by atoms with Gasteiger partial charge < -0.3 is 0 Å². The standard InChI is InChI=1S/C35H32/c1-8-14-19-17-12-6-10-16-11-7-13-18-20-15-9(2)22(4)23(5)21(8,3)26(14)31(19)29(17)24(10,12)28(16)25(11,13)30(18)32(20)27(15,22)33(23,26)35(31,32)34(28,29)30/h8-20H,6-7H2,1-5H3. The van der Waals surface area contributed by atoms with Crippen molar-refractivity contribution in [3.63, 3.8) is 0 Å². The van der Waals surface area contributed by atoms with Gasteiger partial charge in [-0.3, -0.25) is 0 Å². The van der Waals surface area contributed by atoms with Gasteiger partial charge in [-0.05, 0) is 171 Å². The summed E-state index contributed by atoms with van der Waals surface area (Å²) in [6, 6.07) is 0. The molecule has 0 radical (unpaired) electrons. The largest absolute Gasteiger partial charge is 0.0616 e. The fourth-order valence-corrected chi connectivity index (χ4v) is 33.3. The third kappa shape index (κ3) is 0.332. The third-order valence-electron chi connectivity index (χ3n) is 27.9. The predicted molar refractivity (Wildman–Crippen MR) is 119 cm³/mol. The Kier molecular flexibility index (Phi) is 0.855. The molecule has 35 heavy (non-hydrogen) atoms. The summed E-state index contributed by atoms with van der Waals surface area (Å²) >= 11 is 0. The van der Waals surface area contributed by atoms with Crippen molar-refractivity contribution in [3.8, 4) is 0 Å². The zero-order valence-electron chi connectivity index (χ0n) is 21.4. The van der Waals surface area contributed by atoms with E-state index in [9.17, 15) is 0 Å². The molecular formula is C35H32. The molecule has 0 aromatic rings. The zero-order valence-corrected chi connectivity index (χ0v) is 21.4. The highest BCUT2D eigenvalue weighted by Crippen LogP contribution is 3.58. The van der Waals surface area contributed by atoms with Gasteiger partial charge >= 0.3 is 0 Å². The van der Waals surface area contributed by atoms with Crippen LogP contribution in [0, 0.1) is 158 Å². The maximum Gasteiger partial charge on any atom is -0.000763 e. The van der Waals surface area contributed by atoms with Crippen LogP contribution in [0.3, 0.4) is 0 Å². The molecule has 20 fully saturated rings. The summed E-state index contributed by atoms with van der Waals surface area (Å²) in [5.74, 6) is 16.4. The Morgan fingerprint density at radius 2 is 0.914 bits per heavy atom. The predicted octanol–water partition coefficient (Wildman–Crippen LogP) is 4.94. The van der Waals surface area contributed by atoms with E-state index in [2.05, 4.69) is 34.6 Å². The average Bonchev–Trinajstić information content (AvgIpc) is 2.75. The Morgan fingerprint density at radius 1 is 0.429 bits per heavy atom. The molecule has 12 spiro atoms. The number of hydrogen-bond donors (Lipinski definition) is 0. The van der Waals surface area contributed by atoms with Gasteiger partial charge in [0, 0.05) is 0 Å². The van der Waals surface area contributed by atoms with Crippen LogP contribution in [-0.4, -0.2) is 0 Å². The lowest BCUT2D eigenvalue weighted by atomic mass is 8.46. The molecule has 20 rings (SSSR count). The Balaban J connectivity index is 1.08. The van der Waals surface area contributed by atoms with Crippen LogP contribution in [0.4, 0.5) is 0 Å². The molecule has 22 unspecified atom stereocenters. The fraction of sp³-hybridized carbons (Fsp3) is 1.00. The van der Waals surface area contributed by atoms with Gasteiger partial charge in [0.25, 0.3) is 0 Å². The minimum Gasteiger partial charge on any atom is -0.0616 e. The van der Waals surface area contributed by atoms with Gasteiger partial charge in [-0.25, -0.2) is 0 Å². The van der Waals surface area contributed by atoms with E-state index in [1.54, 1.807) is 12.8 Å². The summed E-state index contributed by atoms with van der Waals surface area (Å²) in [5, 5.41) is 0. The van der Waals surface area contributed by atoms with Gasteiger partial charge in [-0.2, -0.15) is 0 Å². The van der Waals surface area contributed by atoms with Crippen molar-refractivity contribution < 1.29 is 0 Å². The van der Waals surface area contributed by atoms with Crippen molar-refractivity contribution >= 4 is 0 Å². The van der Waals surface area contributed by atoms with Crippen LogP contribution in [0.2, 0.25) is 0 Å². The van der Waals surface area contributed by atoms with Crippen LogP contribution >= 0.6 is 0 Å². The molecule has 0 heterocycles. The van der Waals surface area contributed by atoms with Crippen LogP contribution in [0.1, 0.15) is 47.5 Å². The highest BCUT2D eigenvalue weighted by atomic mass is 15.6. The van der Waals surface area contributed by atoms with E-state index >= 15 is 0 Å². The van der Waals surface area contributed by atoms with Crippen molar-refractivity contribution in [2.75, 3.05) is 0 Å². The van der Waals surface area contributed by atoms with Gasteiger partial charge in [0.2, 0.25) is 0 Å². The molecule has 20 aliphatic carbocycles.